The van der Waals surface area contributed by atoms with Gasteiger partial charge in [-0.05, 0) is 12.5 Å². The Morgan fingerprint density at radius 3 is 2.75 bits per heavy atom. The van der Waals surface area contributed by atoms with Gasteiger partial charge in [-0.25, -0.2) is 0 Å². The fraction of sp³-hybridized carbons (Fsp3) is 0.417. The van der Waals surface area contributed by atoms with Crippen LogP contribution in [0.2, 0.25) is 0 Å². The zero-order valence-corrected chi connectivity index (χ0v) is 10.8. The van der Waals surface area contributed by atoms with Crippen LogP contribution in [0, 0.1) is 0 Å². The zero-order chi connectivity index (χ0) is 10.3. The first-order chi connectivity index (χ1) is 7.34. The van der Waals surface area contributed by atoms with Crippen LogP contribution in [-0.2, 0) is 0 Å². The number of amidine groups is 1. The van der Waals surface area contributed by atoms with E-state index in [-0.39, 0.29) is 12.4 Å². The maximum Gasteiger partial charge on any atom is 0.160 e. The summed E-state index contributed by atoms with van der Waals surface area (Å²) in [5, 5.41) is 1.25. The van der Waals surface area contributed by atoms with Crippen molar-refractivity contribution in [3.8, 4) is 0 Å². The van der Waals surface area contributed by atoms with Crippen LogP contribution in [0.5, 0.6) is 0 Å². The summed E-state index contributed by atoms with van der Waals surface area (Å²) in [6.07, 6.45) is 0. The number of nitrogens with zero attached hydrogens (tertiary/aromatic N) is 2. The van der Waals surface area contributed by atoms with Crippen molar-refractivity contribution in [3.63, 3.8) is 0 Å². The zero-order valence-electron chi connectivity index (χ0n) is 9.17. The van der Waals surface area contributed by atoms with Crippen molar-refractivity contribution in [2.45, 2.75) is 19.0 Å². The third-order valence-corrected chi connectivity index (χ3v) is 4.30. The topological polar surface area (TPSA) is 15.6 Å². The quantitative estimate of drug-likeness (QED) is 0.766. The van der Waals surface area contributed by atoms with Crippen molar-refractivity contribution in [1.29, 1.82) is 0 Å². The highest BCUT2D eigenvalue weighted by Gasteiger charge is 2.34. The Balaban J connectivity index is 0.000000963. The number of aliphatic imine (C=N–C) groups is 1. The summed E-state index contributed by atoms with van der Waals surface area (Å²) in [4.78, 5) is 7.21. The predicted octanol–water partition coefficient (Wildman–Crippen LogP) is 2.96. The van der Waals surface area contributed by atoms with E-state index in [4.69, 9.17) is 4.99 Å². The van der Waals surface area contributed by atoms with Gasteiger partial charge in [0.15, 0.2) is 5.17 Å². The monoisotopic (exact) mass is 254 g/mol. The second kappa shape index (κ2) is 4.68. The summed E-state index contributed by atoms with van der Waals surface area (Å²) >= 11 is 1.90. The summed E-state index contributed by atoms with van der Waals surface area (Å²) in [5.41, 5.74) is 1.34. The Morgan fingerprint density at radius 1 is 1.31 bits per heavy atom. The van der Waals surface area contributed by atoms with Crippen molar-refractivity contribution in [3.05, 3.63) is 35.9 Å². The molecule has 3 rings (SSSR count). The molecule has 0 saturated carbocycles. The molecule has 1 aromatic carbocycles. The van der Waals surface area contributed by atoms with Crippen molar-refractivity contribution >= 4 is 29.3 Å². The van der Waals surface area contributed by atoms with Gasteiger partial charge in [-0.15, -0.1) is 12.4 Å². The Kier molecular flexibility index (Phi) is 3.45. The van der Waals surface area contributed by atoms with Gasteiger partial charge in [-0.1, -0.05) is 42.1 Å². The SMILES string of the molecule is CC1CSC2=NC(c3ccccc3)CN21.Cl. The van der Waals surface area contributed by atoms with Gasteiger partial charge in [0.2, 0.25) is 0 Å². The average molecular weight is 255 g/mol. The van der Waals surface area contributed by atoms with Crippen LogP contribution in [0.4, 0.5) is 0 Å². The highest BCUT2D eigenvalue weighted by molar-refractivity contribution is 8.14. The normalized spacial score (nSPS) is 27.3. The molecule has 0 spiro atoms. The molecule has 1 aromatic rings. The largest absolute Gasteiger partial charge is 0.345 e. The molecule has 2 unspecified atom stereocenters. The standard InChI is InChI=1S/C12H14N2S.ClH/c1-9-8-15-12-13-11(7-14(9)12)10-5-3-2-4-6-10;/h2-6,9,11H,7-8H2,1H3;1H. The first kappa shape index (κ1) is 11.8. The highest BCUT2D eigenvalue weighted by Crippen LogP contribution is 2.34. The first-order valence-electron chi connectivity index (χ1n) is 5.37. The predicted molar refractivity (Wildman–Crippen MR) is 72.5 cm³/mol. The van der Waals surface area contributed by atoms with E-state index in [1.807, 2.05) is 11.8 Å². The van der Waals surface area contributed by atoms with Crippen molar-refractivity contribution in [1.82, 2.24) is 4.90 Å². The van der Waals surface area contributed by atoms with Crippen LogP contribution < -0.4 is 0 Å². The summed E-state index contributed by atoms with van der Waals surface area (Å²) < 4.78 is 0. The van der Waals surface area contributed by atoms with Gasteiger partial charge in [-0.2, -0.15) is 0 Å². The molecular formula is C12H15ClN2S. The van der Waals surface area contributed by atoms with E-state index >= 15 is 0 Å². The molecular weight excluding hydrogens is 240 g/mol. The van der Waals surface area contributed by atoms with Gasteiger partial charge in [-0.3, -0.25) is 4.99 Å². The molecule has 0 bridgehead atoms. The van der Waals surface area contributed by atoms with Crippen LogP contribution in [0.25, 0.3) is 0 Å². The fourth-order valence-corrected chi connectivity index (χ4v) is 3.33. The third-order valence-electron chi connectivity index (χ3n) is 3.05. The Labute approximate surface area is 107 Å². The smallest absolute Gasteiger partial charge is 0.160 e. The van der Waals surface area contributed by atoms with Gasteiger partial charge in [0.1, 0.15) is 0 Å². The molecule has 86 valence electrons. The summed E-state index contributed by atoms with van der Waals surface area (Å²) in [6, 6.07) is 11.6. The van der Waals surface area contributed by atoms with E-state index in [2.05, 4.69) is 42.2 Å². The molecule has 2 atom stereocenters. The van der Waals surface area contributed by atoms with Gasteiger partial charge < -0.3 is 4.90 Å². The number of thioether (sulfide) groups is 1. The minimum Gasteiger partial charge on any atom is -0.345 e. The second-order valence-corrected chi connectivity index (χ2v) is 5.14. The van der Waals surface area contributed by atoms with Crippen molar-refractivity contribution in [2.75, 3.05) is 12.3 Å². The summed E-state index contributed by atoms with van der Waals surface area (Å²) in [5.74, 6) is 1.19. The van der Waals surface area contributed by atoms with E-state index in [1.54, 1.807) is 0 Å². The van der Waals surface area contributed by atoms with Gasteiger partial charge in [0.25, 0.3) is 0 Å². The summed E-state index contributed by atoms with van der Waals surface area (Å²) in [6.45, 7) is 3.34. The number of benzene rings is 1. The molecule has 16 heavy (non-hydrogen) atoms. The maximum absolute atomic E-state index is 4.78. The first-order valence-corrected chi connectivity index (χ1v) is 6.35. The molecule has 0 aliphatic carbocycles. The number of halogens is 1. The number of hydrogen-bond acceptors (Lipinski definition) is 3. The molecule has 0 radical (unpaired) electrons. The highest BCUT2D eigenvalue weighted by atomic mass is 35.5. The van der Waals surface area contributed by atoms with Gasteiger partial charge in [0.05, 0.1) is 6.04 Å². The molecule has 0 aromatic heterocycles. The molecule has 2 aliphatic rings. The molecule has 2 heterocycles. The van der Waals surface area contributed by atoms with E-state index < -0.39 is 0 Å². The lowest BCUT2D eigenvalue weighted by atomic mass is 10.1. The van der Waals surface area contributed by atoms with E-state index in [0.29, 0.717) is 12.1 Å². The molecule has 4 heteroatoms. The van der Waals surface area contributed by atoms with Crippen molar-refractivity contribution in [2.24, 2.45) is 4.99 Å². The van der Waals surface area contributed by atoms with Crippen LogP contribution in [-0.4, -0.2) is 28.4 Å². The minimum atomic E-state index is 0. The molecule has 1 saturated heterocycles. The lowest BCUT2D eigenvalue weighted by molar-refractivity contribution is 0.377. The number of hydrogen-bond donors (Lipinski definition) is 0. The fourth-order valence-electron chi connectivity index (χ4n) is 2.14. The Morgan fingerprint density at radius 2 is 2.06 bits per heavy atom. The lowest BCUT2D eigenvalue weighted by Gasteiger charge is -2.18. The molecule has 2 nitrogen and oxygen atoms in total. The molecule has 1 fully saturated rings. The second-order valence-electron chi connectivity index (χ2n) is 4.15. The van der Waals surface area contributed by atoms with Crippen molar-refractivity contribution < 1.29 is 0 Å². The lowest BCUT2D eigenvalue weighted by Crippen LogP contribution is -2.29. The van der Waals surface area contributed by atoms with Gasteiger partial charge in [0, 0.05) is 18.3 Å². The van der Waals surface area contributed by atoms with Crippen LogP contribution >= 0.6 is 24.2 Å². The number of rotatable bonds is 1. The summed E-state index contributed by atoms with van der Waals surface area (Å²) in [7, 11) is 0. The van der Waals surface area contributed by atoms with Crippen LogP contribution in [0.15, 0.2) is 35.3 Å². The third kappa shape index (κ3) is 1.94. The van der Waals surface area contributed by atoms with E-state index in [0.717, 1.165) is 6.54 Å². The number of fused-ring (bicyclic) bond motifs is 1. The van der Waals surface area contributed by atoms with E-state index in [9.17, 15) is 0 Å². The van der Waals surface area contributed by atoms with E-state index in [1.165, 1.54) is 16.5 Å². The molecule has 0 amide bonds. The molecule has 0 N–H and O–H groups in total. The average Bonchev–Trinajstić information content (AvgIpc) is 2.83. The van der Waals surface area contributed by atoms with Crippen LogP contribution in [0.1, 0.15) is 18.5 Å². The minimum absolute atomic E-state index is 0. The van der Waals surface area contributed by atoms with Crippen LogP contribution in [0.3, 0.4) is 0 Å². The molecule has 2 aliphatic heterocycles. The van der Waals surface area contributed by atoms with Gasteiger partial charge >= 0.3 is 0 Å². The Hall–Kier alpha value is -0.670. The maximum atomic E-state index is 4.78. The Bertz CT molecular complexity index is 393.